The molecule has 55 heavy (non-hydrogen) atoms. The summed E-state index contributed by atoms with van der Waals surface area (Å²) in [5.74, 6) is 0.762. The van der Waals surface area contributed by atoms with Gasteiger partial charge >= 0.3 is 324 Å². The van der Waals surface area contributed by atoms with Crippen molar-refractivity contribution in [1.29, 1.82) is 0 Å². The number of hydrogen-bond acceptors (Lipinski definition) is 0. The van der Waals surface area contributed by atoms with Gasteiger partial charge in [-0.1, -0.05) is 0 Å². The third-order valence-electron chi connectivity index (χ3n) is 14.1. The molecule has 0 aromatic heterocycles. The van der Waals surface area contributed by atoms with Crippen molar-refractivity contribution >= 4 is 46.7 Å². The Balaban J connectivity index is 0.00000257. The van der Waals surface area contributed by atoms with E-state index in [2.05, 4.69) is 181 Å². The van der Waals surface area contributed by atoms with Gasteiger partial charge in [-0.15, -0.1) is 24.8 Å². The average molecular weight is 849 g/mol. The van der Waals surface area contributed by atoms with E-state index in [1.807, 2.05) is 0 Å². The van der Waals surface area contributed by atoms with Crippen molar-refractivity contribution in [3.8, 4) is 11.1 Å². The molecule has 1 unspecified atom stereocenters. The second-order valence-electron chi connectivity index (χ2n) is 19.9. The summed E-state index contributed by atoms with van der Waals surface area (Å²) in [6.45, 7) is 31.0. The fraction of sp³-hybridized carbons (Fsp3) is 0.365. The fourth-order valence-corrected chi connectivity index (χ4v) is 30.5. The van der Waals surface area contributed by atoms with Crippen LogP contribution in [0.25, 0.3) is 22.3 Å². The third-order valence-corrected chi connectivity index (χ3v) is 31.5. The van der Waals surface area contributed by atoms with Crippen LogP contribution in [-0.4, -0.2) is 4.21 Å². The molecule has 4 aliphatic carbocycles. The molecule has 0 bridgehead atoms. The van der Waals surface area contributed by atoms with Gasteiger partial charge in [-0.3, -0.25) is 0 Å². The summed E-state index contributed by atoms with van der Waals surface area (Å²) < 4.78 is 12.1. The van der Waals surface area contributed by atoms with E-state index in [1.165, 1.54) is 78.9 Å². The SMILES string of the molecule is Cl.Cl.[CH2]=[Zr]([C]1=CC(C(C)(C)C)=CC1C(C)C)([C]1=C(C)c2cc3c(cc2C1(C)C)Cc1cc2c(cc1-3)C(C)=CC2(C)C)([c]1ccc(C)cc1)[c]1ccc(C)cc1. The Labute approximate surface area is 345 Å². The molecule has 0 saturated heterocycles. The Bertz CT molecular complexity index is 2400. The summed E-state index contributed by atoms with van der Waals surface area (Å²) in [5.41, 5.74) is 18.4. The second-order valence-corrected chi connectivity index (χ2v) is 32.5. The molecule has 0 saturated carbocycles. The number of aryl methyl sites for hydroxylation is 2. The normalized spacial score (nSPS) is 19.2. The van der Waals surface area contributed by atoms with Crippen LogP contribution in [0.5, 0.6) is 0 Å². The van der Waals surface area contributed by atoms with Crippen molar-refractivity contribution in [2.24, 2.45) is 17.3 Å². The molecule has 0 nitrogen and oxygen atoms in total. The Hall–Kier alpha value is -2.83. The van der Waals surface area contributed by atoms with Gasteiger partial charge in [0.2, 0.25) is 0 Å². The first kappa shape index (κ1) is 41.8. The minimum atomic E-state index is -5.06. The van der Waals surface area contributed by atoms with Crippen molar-refractivity contribution in [3.63, 3.8) is 0 Å². The van der Waals surface area contributed by atoms with Crippen LogP contribution in [0.1, 0.15) is 121 Å². The topological polar surface area (TPSA) is 0 Å². The zero-order valence-electron chi connectivity index (χ0n) is 35.5. The molecule has 4 aromatic rings. The maximum absolute atomic E-state index is 5.96. The molecule has 0 fully saturated rings. The maximum atomic E-state index is 5.96. The summed E-state index contributed by atoms with van der Waals surface area (Å²) >= 11 is -5.06. The number of rotatable bonds is 5. The zero-order chi connectivity index (χ0) is 38.2. The van der Waals surface area contributed by atoms with Crippen LogP contribution in [0.3, 0.4) is 0 Å². The molecule has 3 heteroatoms. The fourth-order valence-electron chi connectivity index (χ4n) is 11.4. The predicted molar refractivity (Wildman–Crippen MR) is 244 cm³/mol. The van der Waals surface area contributed by atoms with E-state index >= 15 is 0 Å². The van der Waals surface area contributed by atoms with E-state index < -0.39 is 18.3 Å². The third kappa shape index (κ3) is 5.79. The van der Waals surface area contributed by atoms with Gasteiger partial charge in [-0.25, -0.2) is 0 Å². The van der Waals surface area contributed by atoms with E-state index in [-0.39, 0.29) is 41.1 Å². The van der Waals surface area contributed by atoms with Gasteiger partial charge in [0.1, 0.15) is 0 Å². The molecule has 0 aliphatic heterocycles. The molecular formula is C52H62Cl2Zr. The van der Waals surface area contributed by atoms with Crippen LogP contribution >= 0.6 is 24.8 Å². The average Bonchev–Trinajstić information content (AvgIpc) is 3.80. The van der Waals surface area contributed by atoms with Crippen LogP contribution in [0.4, 0.5) is 0 Å². The van der Waals surface area contributed by atoms with E-state index in [9.17, 15) is 0 Å². The molecule has 0 heterocycles. The van der Waals surface area contributed by atoms with Gasteiger partial charge in [-0.2, -0.15) is 0 Å². The van der Waals surface area contributed by atoms with Crippen molar-refractivity contribution in [1.82, 2.24) is 0 Å². The number of allylic oxidation sites excluding steroid dienone is 8. The van der Waals surface area contributed by atoms with Crippen molar-refractivity contribution < 1.29 is 18.3 Å². The molecule has 8 rings (SSSR count). The van der Waals surface area contributed by atoms with Crippen molar-refractivity contribution in [2.75, 3.05) is 0 Å². The number of fused-ring (bicyclic) bond motifs is 5. The van der Waals surface area contributed by atoms with Gasteiger partial charge < -0.3 is 0 Å². The summed E-state index contributed by atoms with van der Waals surface area (Å²) in [7, 11) is 0. The molecule has 0 N–H and O–H groups in total. The van der Waals surface area contributed by atoms with Gasteiger partial charge in [0, 0.05) is 0 Å². The number of halogens is 2. The van der Waals surface area contributed by atoms with Crippen LogP contribution in [0, 0.1) is 31.1 Å². The summed E-state index contributed by atoms with van der Waals surface area (Å²) in [4.78, 5) is 0. The van der Waals surface area contributed by atoms with Crippen LogP contribution in [-0.2, 0) is 35.5 Å². The van der Waals surface area contributed by atoms with Gasteiger partial charge in [0.15, 0.2) is 0 Å². The first-order chi connectivity index (χ1) is 24.7. The molecule has 4 aromatic carbocycles. The summed E-state index contributed by atoms with van der Waals surface area (Å²) in [6, 6.07) is 29.6. The van der Waals surface area contributed by atoms with E-state index in [0.29, 0.717) is 11.8 Å². The Kier molecular flexibility index (Phi) is 10.2. The molecule has 1 atom stereocenters. The van der Waals surface area contributed by atoms with Gasteiger partial charge in [-0.05, 0) is 0 Å². The molecule has 0 spiro atoms. The van der Waals surface area contributed by atoms with E-state index in [0.717, 1.165) is 6.42 Å². The first-order valence-corrected chi connectivity index (χ1v) is 26.7. The molecule has 0 radical (unpaired) electrons. The standard InChI is InChI=1S/C25H25.C12H19.2C7H7.CH2.2ClH.Zr/c1-14-12-24(3,4)22-8-16-7-17-9-23-19(15(2)13-25(23,5)6)11-21(17)20(16)10-18(14)22;1-9(2)10-6-7-11(8-10)12(3,4)5;2*1-7-5-3-2-4-6-7;;;;/h8-12H,7H2,1-6H3;7-10H,1-5H3;2*3-6H,1H3;1H2;2*1H;. The van der Waals surface area contributed by atoms with Gasteiger partial charge in [0.25, 0.3) is 0 Å². The minimum absolute atomic E-state index is 0. The predicted octanol–water partition coefficient (Wildman–Crippen LogP) is 13.3. The summed E-state index contributed by atoms with van der Waals surface area (Å²) in [5, 5.41) is 0. The Morgan fingerprint density at radius 3 is 1.67 bits per heavy atom. The monoisotopic (exact) mass is 846 g/mol. The Morgan fingerprint density at radius 2 is 1.18 bits per heavy atom. The molecule has 288 valence electrons. The van der Waals surface area contributed by atoms with Gasteiger partial charge in [0.05, 0.1) is 0 Å². The van der Waals surface area contributed by atoms with Crippen LogP contribution in [0.15, 0.2) is 103 Å². The number of benzene rings is 4. The molecular weight excluding hydrogens is 787 g/mol. The van der Waals surface area contributed by atoms with E-state index in [4.69, 9.17) is 4.21 Å². The zero-order valence-corrected chi connectivity index (χ0v) is 39.6. The molecule has 4 aliphatic rings. The van der Waals surface area contributed by atoms with Crippen LogP contribution in [0.2, 0.25) is 0 Å². The van der Waals surface area contributed by atoms with Crippen LogP contribution < -0.4 is 6.54 Å². The van der Waals surface area contributed by atoms with E-state index in [1.54, 1.807) is 6.56 Å². The molecule has 0 amide bonds. The van der Waals surface area contributed by atoms with Crippen molar-refractivity contribution in [3.05, 3.63) is 148 Å². The summed E-state index contributed by atoms with van der Waals surface area (Å²) in [6.07, 6.45) is 8.75. The Morgan fingerprint density at radius 1 is 0.691 bits per heavy atom. The quantitative estimate of drug-likeness (QED) is 0.165. The van der Waals surface area contributed by atoms with Crippen molar-refractivity contribution in [2.45, 2.75) is 107 Å². The number of hydrogen-bond donors (Lipinski definition) is 0. The first-order valence-electron chi connectivity index (χ1n) is 20.1. The second kappa shape index (κ2) is 13.4.